The second-order valence-corrected chi connectivity index (χ2v) is 4.00. The first-order chi connectivity index (χ1) is 9.56. The zero-order valence-electron chi connectivity index (χ0n) is 10.5. The van der Waals surface area contributed by atoms with Gasteiger partial charge in [-0.25, -0.2) is 0 Å². The minimum Gasteiger partial charge on any atom is -0.391 e. The fourth-order valence-electron chi connectivity index (χ4n) is 1.85. The minimum absolute atomic E-state index is 0.0594. The maximum Gasteiger partial charge on any atom is 0.388 e. The summed E-state index contributed by atoms with van der Waals surface area (Å²) >= 11 is 0. The topological polar surface area (TPSA) is 111 Å². The number of nitrogens with one attached hydrogen (secondary N) is 1. The molecular weight excluding hydrogens is 260 g/mol. The van der Waals surface area contributed by atoms with Crippen LogP contribution in [0.2, 0.25) is 0 Å². The van der Waals surface area contributed by atoms with Crippen molar-refractivity contribution >= 4 is 28.3 Å². The Morgan fingerprint density at radius 3 is 2.85 bits per heavy atom. The number of hydrogen-bond acceptors (Lipinski definition) is 5. The van der Waals surface area contributed by atoms with Crippen molar-refractivity contribution in [3.63, 3.8) is 0 Å². The van der Waals surface area contributed by atoms with Gasteiger partial charge in [0.05, 0.1) is 5.56 Å². The molecule has 2 rings (SSSR count). The molecule has 1 amide bonds. The summed E-state index contributed by atoms with van der Waals surface area (Å²) in [4.78, 5) is 26.3. The first-order valence-electron chi connectivity index (χ1n) is 5.78. The van der Waals surface area contributed by atoms with Crippen molar-refractivity contribution in [2.45, 2.75) is 0 Å². The third-order valence-electron chi connectivity index (χ3n) is 2.72. The minimum atomic E-state index is -0.702. The number of carbonyl (C=O) groups is 1. The van der Waals surface area contributed by atoms with Gasteiger partial charge < -0.3 is 21.2 Å². The van der Waals surface area contributed by atoms with E-state index in [-0.39, 0.29) is 17.8 Å². The van der Waals surface area contributed by atoms with Crippen molar-refractivity contribution in [2.24, 2.45) is 0 Å². The van der Waals surface area contributed by atoms with Crippen LogP contribution in [0.5, 0.6) is 0 Å². The van der Waals surface area contributed by atoms with E-state index in [4.69, 9.17) is 5.73 Å². The summed E-state index contributed by atoms with van der Waals surface area (Å²) in [6.07, 6.45) is 1.51. The molecule has 0 saturated carbocycles. The molecule has 7 nitrogen and oxygen atoms in total. The lowest BCUT2D eigenvalue weighted by molar-refractivity contribution is -0.388. The molecule has 0 aliphatic heterocycles. The standard InChI is InChI=1S/C13H12N4O3/c1-2-7-15-13(18)10-8-5-3-4-6-9(8)16-12(11(10)14)17(19)20/h2-6H,1,7,14H2,(H,15,18). The van der Waals surface area contributed by atoms with Crippen LogP contribution in [0, 0.1) is 10.1 Å². The molecule has 0 fully saturated rings. The number of nitrogens with two attached hydrogens (primary N) is 1. The average molecular weight is 272 g/mol. The van der Waals surface area contributed by atoms with Gasteiger partial charge in [0.15, 0.2) is 5.52 Å². The predicted molar refractivity (Wildman–Crippen MR) is 75.3 cm³/mol. The number of nitrogens with zero attached hydrogens (tertiary/aromatic N) is 2. The molecule has 0 unspecified atom stereocenters. The molecule has 3 N–H and O–H groups in total. The van der Waals surface area contributed by atoms with Gasteiger partial charge in [-0.3, -0.25) is 4.79 Å². The number of nitro groups is 1. The highest BCUT2D eigenvalue weighted by molar-refractivity contribution is 6.11. The molecule has 0 saturated heterocycles. The highest BCUT2D eigenvalue weighted by atomic mass is 16.6. The molecule has 0 radical (unpaired) electrons. The highest BCUT2D eigenvalue weighted by Crippen LogP contribution is 2.29. The summed E-state index contributed by atoms with van der Waals surface area (Å²) in [5, 5.41) is 14.0. The number of rotatable bonds is 4. The lowest BCUT2D eigenvalue weighted by atomic mass is 10.1. The SMILES string of the molecule is C=CCNC(=O)c1c(N)c([N+](=O)[O-])nc2ccccc12. The van der Waals surface area contributed by atoms with Crippen LogP contribution in [0.1, 0.15) is 10.4 Å². The number of amides is 1. The van der Waals surface area contributed by atoms with Crippen molar-refractivity contribution in [3.05, 3.63) is 52.6 Å². The largest absolute Gasteiger partial charge is 0.391 e. The van der Waals surface area contributed by atoms with E-state index in [1.54, 1.807) is 24.3 Å². The molecule has 0 bridgehead atoms. The number of para-hydroxylation sites is 1. The third kappa shape index (κ3) is 2.28. The molecule has 20 heavy (non-hydrogen) atoms. The fourth-order valence-corrected chi connectivity index (χ4v) is 1.85. The second-order valence-electron chi connectivity index (χ2n) is 4.00. The molecular formula is C13H12N4O3. The quantitative estimate of drug-likeness (QED) is 0.499. The van der Waals surface area contributed by atoms with Crippen molar-refractivity contribution in [3.8, 4) is 0 Å². The van der Waals surface area contributed by atoms with Gasteiger partial charge in [-0.15, -0.1) is 6.58 Å². The lowest BCUT2D eigenvalue weighted by Crippen LogP contribution is -2.25. The Morgan fingerprint density at radius 1 is 1.50 bits per heavy atom. The lowest BCUT2D eigenvalue weighted by Gasteiger charge is -2.08. The first-order valence-corrected chi connectivity index (χ1v) is 5.78. The summed E-state index contributed by atoms with van der Waals surface area (Å²) in [5.41, 5.74) is 5.90. The van der Waals surface area contributed by atoms with Gasteiger partial charge in [0, 0.05) is 11.9 Å². The molecule has 1 aromatic carbocycles. The van der Waals surface area contributed by atoms with Gasteiger partial charge in [0.1, 0.15) is 5.69 Å². The Hall–Kier alpha value is -2.96. The number of nitrogen functional groups attached to an aromatic ring is 1. The number of anilines is 1. The molecule has 1 heterocycles. The van der Waals surface area contributed by atoms with Crippen LogP contribution < -0.4 is 11.1 Å². The zero-order chi connectivity index (χ0) is 14.7. The van der Waals surface area contributed by atoms with Crippen LogP contribution in [0.25, 0.3) is 10.9 Å². The zero-order valence-corrected chi connectivity index (χ0v) is 10.5. The average Bonchev–Trinajstić information content (AvgIpc) is 2.43. The van der Waals surface area contributed by atoms with Gasteiger partial charge >= 0.3 is 5.82 Å². The Morgan fingerprint density at radius 2 is 2.20 bits per heavy atom. The summed E-state index contributed by atoms with van der Waals surface area (Å²) in [6, 6.07) is 6.62. The van der Waals surface area contributed by atoms with E-state index in [0.29, 0.717) is 10.9 Å². The second kappa shape index (κ2) is 5.35. The number of hydrogen-bond donors (Lipinski definition) is 2. The Bertz CT molecular complexity index is 712. The van der Waals surface area contributed by atoms with Gasteiger partial charge in [-0.05, 0) is 22.0 Å². The molecule has 0 spiro atoms. The predicted octanol–water partition coefficient (Wildman–Crippen LogP) is 1.64. The monoisotopic (exact) mass is 272 g/mol. The highest BCUT2D eigenvalue weighted by Gasteiger charge is 2.25. The summed E-state index contributed by atoms with van der Waals surface area (Å²) in [7, 11) is 0. The van der Waals surface area contributed by atoms with Gasteiger partial charge in [-0.1, -0.05) is 18.2 Å². The summed E-state index contributed by atoms with van der Waals surface area (Å²) in [6.45, 7) is 3.73. The number of fused-ring (bicyclic) bond motifs is 1. The summed E-state index contributed by atoms with van der Waals surface area (Å²) in [5.74, 6) is -1.02. The number of pyridine rings is 1. The smallest absolute Gasteiger partial charge is 0.388 e. The molecule has 2 aromatic rings. The van der Waals surface area contributed by atoms with Gasteiger partial charge in [0.25, 0.3) is 5.91 Å². The van der Waals surface area contributed by atoms with Crippen LogP contribution in [-0.4, -0.2) is 22.4 Å². The molecule has 7 heteroatoms. The Kier molecular flexibility index (Phi) is 3.60. The van der Waals surface area contributed by atoms with E-state index in [2.05, 4.69) is 16.9 Å². The molecule has 1 aromatic heterocycles. The van der Waals surface area contributed by atoms with Gasteiger partial charge in [-0.2, -0.15) is 0 Å². The van der Waals surface area contributed by atoms with Crippen molar-refractivity contribution < 1.29 is 9.72 Å². The van der Waals surface area contributed by atoms with Gasteiger partial charge in [0.2, 0.25) is 0 Å². The van der Waals surface area contributed by atoms with Crippen LogP contribution in [-0.2, 0) is 0 Å². The molecule has 0 aliphatic rings. The van der Waals surface area contributed by atoms with Crippen LogP contribution in [0.15, 0.2) is 36.9 Å². The Balaban J connectivity index is 2.71. The fraction of sp³-hybridized carbons (Fsp3) is 0.0769. The molecule has 0 atom stereocenters. The van der Waals surface area contributed by atoms with Crippen LogP contribution in [0.3, 0.4) is 0 Å². The molecule has 0 aliphatic carbocycles. The van der Waals surface area contributed by atoms with Crippen molar-refractivity contribution in [2.75, 3.05) is 12.3 Å². The molecule has 102 valence electrons. The third-order valence-corrected chi connectivity index (χ3v) is 2.72. The number of aromatic nitrogens is 1. The maximum atomic E-state index is 12.1. The van der Waals surface area contributed by atoms with Crippen LogP contribution >= 0.6 is 0 Å². The maximum absolute atomic E-state index is 12.1. The number of benzene rings is 1. The van der Waals surface area contributed by atoms with E-state index >= 15 is 0 Å². The van der Waals surface area contributed by atoms with Crippen molar-refractivity contribution in [1.82, 2.24) is 10.3 Å². The number of carbonyl (C=O) groups excluding carboxylic acids is 1. The van der Waals surface area contributed by atoms with E-state index in [1.807, 2.05) is 0 Å². The van der Waals surface area contributed by atoms with E-state index in [9.17, 15) is 14.9 Å². The van der Waals surface area contributed by atoms with Crippen molar-refractivity contribution in [1.29, 1.82) is 0 Å². The van der Waals surface area contributed by atoms with E-state index < -0.39 is 16.6 Å². The normalized spacial score (nSPS) is 10.2. The van der Waals surface area contributed by atoms with Crippen LogP contribution in [0.4, 0.5) is 11.5 Å². The summed E-state index contributed by atoms with van der Waals surface area (Å²) < 4.78 is 0. The van der Waals surface area contributed by atoms with E-state index in [0.717, 1.165) is 0 Å². The first kappa shape index (κ1) is 13.5. The Labute approximate surface area is 114 Å². The van der Waals surface area contributed by atoms with E-state index in [1.165, 1.54) is 6.08 Å².